The Bertz CT molecular complexity index is 624. The fraction of sp³-hybridized carbons (Fsp3) is 0.450. The van der Waals surface area contributed by atoms with Gasteiger partial charge in [-0.3, -0.25) is 4.90 Å². The van der Waals surface area contributed by atoms with Crippen LogP contribution in [0.1, 0.15) is 18.4 Å². The lowest BCUT2D eigenvalue weighted by Crippen LogP contribution is -2.38. The highest BCUT2D eigenvalue weighted by Crippen LogP contribution is 2.19. The molecule has 0 atom stereocenters. The number of aromatic nitrogens is 1. The van der Waals surface area contributed by atoms with E-state index in [1.807, 2.05) is 24.2 Å². The van der Waals surface area contributed by atoms with E-state index in [9.17, 15) is 0 Å². The van der Waals surface area contributed by atoms with E-state index in [1.165, 1.54) is 5.56 Å². The van der Waals surface area contributed by atoms with E-state index in [-0.39, 0.29) is 6.61 Å². The summed E-state index contributed by atoms with van der Waals surface area (Å²) in [5, 5.41) is 12.6. The lowest BCUT2D eigenvalue weighted by Gasteiger charge is -2.32. The first-order valence-electron chi connectivity index (χ1n) is 9.05. The molecule has 5 nitrogen and oxygen atoms in total. The second-order valence-electron chi connectivity index (χ2n) is 6.73. The molecular formula is C20H28N4O. The summed E-state index contributed by atoms with van der Waals surface area (Å²) < 4.78 is 0. The molecule has 0 radical (unpaired) electrons. The van der Waals surface area contributed by atoms with Gasteiger partial charge in [-0.1, -0.05) is 30.3 Å². The number of rotatable bonds is 7. The van der Waals surface area contributed by atoms with Crippen molar-refractivity contribution in [2.24, 2.45) is 0 Å². The molecule has 0 bridgehead atoms. The van der Waals surface area contributed by atoms with Crippen LogP contribution in [0.2, 0.25) is 0 Å². The molecule has 1 aromatic heterocycles. The molecule has 0 aliphatic carbocycles. The number of pyridine rings is 1. The maximum Gasteiger partial charge on any atom is 0.126 e. The van der Waals surface area contributed by atoms with Crippen LogP contribution < -0.4 is 10.2 Å². The van der Waals surface area contributed by atoms with Crippen LogP contribution in [-0.2, 0) is 6.54 Å². The zero-order chi connectivity index (χ0) is 17.5. The third kappa shape index (κ3) is 5.18. The van der Waals surface area contributed by atoms with E-state index in [0.717, 1.165) is 44.0 Å². The highest BCUT2D eigenvalue weighted by molar-refractivity contribution is 5.49. The van der Waals surface area contributed by atoms with Gasteiger partial charge in [0.25, 0.3) is 0 Å². The van der Waals surface area contributed by atoms with Gasteiger partial charge in [0.1, 0.15) is 5.82 Å². The smallest absolute Gasteiger partial charge is 0.126 e. The molecule has 5 heteroatoms. The number of aliphatic hydroxyl groups is 1. The third-order valence-electron chi connectivity index (χ3n) is 4.81. The summed E-state index contributed by atoms with van der Waals surface area (Å²) in [6, 6.07) is 15.2. The zero-order valence-corrected chi connectivity index (χ0v) is 14.9. The number of piperidine rings is 1. The summed E-state index contributed by atoms with van der Waals surface area (Å²) in [5.74, 6) is 0.933. The molecule has 2 aromatic rings. The highest BCUT2D eigenvalue weighted by atomic mass is 16.3. The van der Waals surface area contributed by atoms with Crippen LogP contribution in [0.25, 0.3) is 0 Å². The Hall–Kier alpha value is -2.11. The fourth-order valence-electron chi connectivity index (χ4n) is 3.26. The molecule has 134 valence electrons. The van der Waals surface area contributed by atoms with Crippen LogP contribution in [-0.4, -0.2) is 54.3 Å². The molecule has 25 heavy (non-hydrogen) atoms. The van der Waals surface area contributed by atoms with Crippen LogP contribution in [0.15, 0.2) is 48.7 Å². The van der Waals surface area contributed by atoms with Crippen molar-refractivity contribution >= 4 is 11.5 Å². The van der Waals surface area contributed by atoms with Gasteiger partial charge in [-0.15, -0.1) is 0 Å². The van der Waals surface area contributed by atoms with E-state index in [0.29, 0.717) is 12.6 Å². The minimum atomic E-state index is 0.151. The van der Waals surface area contributed by atoms with Crippen LogP contribution in [0, 0.1) is 0 Å². The van der Waals surface area contributed by atoms with Crippen LogP contribution >= 0.6 is 0 Å². The average Bonchev–Trinajstić information content (AvgIpc) is 2.65. The standard InChI is InChI=1S/C20H28N4O/c1-23(13-14-25)19-7-8-20(21-15-19)22-18-9-11-24(12-10-18)16-17-5-3-2-4-6-17/h2-8,15,18,25H,9-14,16H2,1H3,(H,21,22). The Morgan fingerprint density at radius 2 is 1.92 bits per heavy atom. The number of anilines is 2. The summed E-state index contributed by atoms with van der Waals surface area (Å²) >= 11 is 0. The van der Waals surface area contributed by atoms with Crippen LogP contribution in [0.4, 0.5) is 11.5 Å². The SMILES string of the molecule is CN(CCO)c1ccc(NC2CCN(Cc3ccccc3)CC2)nc1. The highest BCUT2D eigenvalue weighted by Gasteiger charge is 2.19. The van der Waals surface area contributed by atoms with Gasteiger partial charge in [0, 0.05) is 39.3 Å². The molecule has 1 aliphatic rings. The molecule has 3 rings (SSSR count). The van der Waals surface area contributed by atoms with Crippen molar-refractivity contribution in [1.82, 2.24) is 9.88 Å². The van der Waals surface area contributed by atoms with Gasteiger partial charge in [-0.25, -0.2) is 4.98 Å². The first kappa shape index (κ1) is 17.7. The Balaban J connectivity index is 1.45. The Morgan fingerprint density at radius 3 is 2.56 bits per heavy atom. The number of benzene rings is 1. The molecule has 0 unspecified atom stereocenters. The molecule has 0 saturated carbocycles. The second kappa shape index (κ2) is 8.83. The largest absolute Gasteiger partial charge is 0.395 e. The second-order valence-corrected chi connectivity index (χ2v) is 6.73. The normalized spacial score (nSPS) is 15.9. The van der Waals surface area contributed by atoms with Crippen LogP contribution in [0.3, 0.4) is 0 Å². The topological polar surface area (TPSA) is 51.6 Å². The van der Waals surface area contributed by atoms with Gasteiger partial charge in [-0.2, -0.15) is 0 Å². The molecule has 1 aliphatic heterocycles. The van der Waals surface area contributed by atoms with E-state index in [1.54, 1.807) is 0 Å². The van der Waals surface area contributed by atoms with Crippen molar-refractivity contribution in [2.45, 2.75) is 25.4 Å². The minimum absolute atomic E-state index is 0.151. The van der Waals surface area contributed by atoms with Gasteiger partial charge in [0.15, 0.2) is 0 Å². The summed E-state index contributed by atoms with van der Waals surface area (Å²) in [5.41, 5.74) is 2.41. The fourth-order valence-corrected chi connectivity index (χ4v) is 3.26. The van der Waals surface area contributed by atoms with Crippen LogP contribution in [0.5, 0.6) is 0 Å². The van der Waals surface area contributed by atoms with Gasteiger partial charge < -0.3 is 15.3 Å². The van der Waals surface area contributed by atoms with E-state index < -0.39 is 0 Å². The molecule has 1 fully saturated rings. The molecule has 2 N–H and O–H groups in total. The molecule has 1 aromatic carbocycles. The average molecular weight is 340 g/mol. The maximum atomic E-state index is 9.01. The van der Waals surface area contributed by atoms with E-state index in [2.05, 4.69) is 51.6 Å². The van der Waals surface area contributed by atoms with Crippen molar-refractivity contribution in [1.29, 1.82) is 0 Å². The lowest BCUT2D eigenvalue weighted by molar-refractivity contribution is 0.211. The van der Waals surface area contributed by atoms with Crippen molar-refractivity contribution in [3.63, 3.8) is 0 Å². The first-order valence-corrected chi connectivity index (χ1v) is 9.05. The molecular weight excluding hydrogens is 312 g/mol. The van der Waals surface area contributed by atoms with Gasteiger partial charge in [0.2, 0.25) is 0 Å². The Labute approximate surface area is 150 Å². The van der Waals surface area contributed by atoms with Crippen molar-refractivity contribution in [2.75, 3.05) is 43.5 Å². The molecule has 0 spiro atoms. The van der Waals surface area contributed by atoms with E-state index in [4.69, 9.17) is 5.11 Å². The number of hydrogen-bond donors (Lipinski definition) is 2. The predicted molar refractivity (Wildman–Crippen MR) is 103 cm³/mol. The number of nitrogens with one attached hydrogen (secondary N) is 1. The number of hydrogen-bond acceptors (Lipinski definition) is 5. The maximum absolute atomic E-state index is 9.01. The van der Waals surface area contributed by atoms with Gasteiger partial charge in [0.05, 0.1) is 18.5 Å². The summed E-state index contributed by atoms with van der Waals surface area (Å²) in [4.78, 5) is 9.04. The third-order valence-corrected chi connectivity index (χ3v) is 4.81. The Morgan fingerprint density at radius 1 is 1.16 bits per heavy atom. The lowest BCUT2D eigenvalue weighted by atomic mass is 10.0. The van der Waals surface area contributed by atoms with Gasteiger partial charge >= 0.3 is 0 Å². The van der Waals surface area contributed by atoms with Gasteiger partial charge in [-0.05, 0) is 30.5 Å². The molecule has 2 heterocycles. The molecule has 0 amide bonds. The number of nitrogens with zero attached hydrogens (tertiary/aromatic N) is 3. The van der Waals surface area contributed by atoms with Crippen molar-refractivity contribution in [3.8, 4) is 0 Å². The summed E-state index contributed by atoms with van der Waals surface area (Å²) in [7, 11) is 1.96. The summed E-state index contributed by atoms with van der Waals surface area (Å²) in [6.45, 7) is 4.04. The summed E-state index contributed by atoms with van der Waals surface area (Å²) in [6.07, 6.45) is 4.14. The minimum Gasteiger partial charge on any atom is -0.395 e. The van der Waals surface area contributed by atoms with Crippen molar-refractivity contribution < 1.29 is 5.11 Å². The Kier molecular flexibility index (Phi) is 6.25. The quantitative estimate of drug-likeness (QED) is 0.811. The number of likely N-dealkylation sites (N-methyl/N-ethyl adjacent to an activating group) is 1. The monoisotopic (exact) mass is 340 g/mol. The van der Waals surface area contributed by atoms with Crippen molar-refractivity contribution in [3.05, 3.63) is 54.2 Å². The first-order chi connectivity index (χ1) is 12.2. The number of likely N-dealkylation sites (tertiary alicyclic amines) is 1. The number of aliphatic hydroxyl groups excluding tert-OH is 1. The predicted octanol–water partition coefficient (Wildman–Crippen LogP) is 2.59. The molecule has 1 saturated heterocycles. The van der Waals surface area contributed by atoms with E-state index >= 15 is 0 Å². The zero-order valence-electron chi connectivity index (χ0n) is 14.9.